The summed E-state index contributed by atoms with van der Waals surface area (Å²) < 4.78 is 0. The highest BCUT2D eigenvalue weighted by molar-refractivity contribution is 5.72. The van der Waals surface area contributed by atoms with Gasteiger partial charge in [-0.25, -0.2) is 4.98 Å². The van der Waals surface area contributed by atoms with Crippen LogP contribution >= 0.6 is 0 Å². The molecule has 0 saturated carbocycles. The van der Waals surface area contributed by atoms with Crippen molar-refractivity contribution in [3.8, 4) is 0 Å². The Labute approximate surface area is 96.4 Å². The van der Waals surface area contributed by atoms with Crippen molar-refractivity contribution in [2.24, 2.45) is 0 Å². The van der Waals surface area contributed by atoms with E-state index in [2.05, 4.69) is 33.5 Å². The summed E-state index contributed by atoms with van der Waals surface area (Å²) in [6, 6.07) is 4.85. The maximum absolute atomic E-state index is 4.66. The molecule has 0 unspecified atom stereocenters. The van der Waals surface area contributed by atoms with Gasteiger partial charge in [0, 0.05) is 18.8 Å². The van der Waals surface area contributed by atoms with E-state index in [1.54, 1.807) is 0 Å². The summed E-state index contributed by atoms with van der Waals surface area (Å²) in [5.74, 6) is 1.09. The second-order valence-electron chi connectivity index (χ2n) is 4.63. The third-order valence-electron chi connectivity index (χ3n) is 3.57. The van der Waals surface area contributed by atoms with Crippen LogP contribution in [0.4, 0.5) is 11.5 Å². The summed E-state index contributed by atoms with van der Waals surface area (Å²) in [7, 11) is 0. The van der Waals surface area contributed by atoms with Crippen molar-refractivity contribution in [1.82, 2.24) is 4.98 Å². The first-order chi connectivity index (χ1) is 7.79. The number of aromatic nitrogens is 1. The summed E-state index contributed by atoms with van der Waals surface area (Å²) in [5.41, 5.74) is 2.34. The molecule has 2 bridgehead atoms. The average molecular weight is 215 g/mol. The molecule has 0 aliphatic carbocycles. The fourth-order valence-electron chi connectivity index (χ4n) is 2.78. The van der Waals surface area contributed by atoms with Crippen molar-refractivity contribution >= 4 is 11.5 Å². The molecular weight excluding hydrogens is 198 g/mol. The van der Waals surface area contributed by atoms with Crippen LogP contribution < -0.4 is 9.80 Å². The molecule has 0 spiro atoms. The van der Waals surface area contributed by atoms with E-state index in [0.717, 1.165) is 18.1 Å². The Morgan fingerprint density at radius 3 is 3.19 bits per heavy atom. The van der Waals surface area contributed by atoms with Crippen LogP contribution in [-0.2, 0) is 0 Å². The SMILES string of the molecule is C=CN1c2nc(C)ccc2N2CCC[C@@H]1C2. The first kappa shape index (κ1) is 9.70. The van der Waals surface area contributed by atoms with Gasteiger partial charge in [-0.15, -0.1) is 0 Å². The number of hydrogen-bond acceptors (Lipinski definition) is 3. The van der Waals surface area contributed by atoms with Gasteiger partial charge in [0.15, 0.2) is 5.82 Å². The normalized spacial score (nSPS) is 22.9. The van der Waals surface area contributed by atoms with Gasteiger partial charge in [-0.3, -0.25) is 0 Å². The van der Waals surface area contributed by atoms with E-state index in [4.69, 9.17) is 0 Å². The zero-order valence-corrected chi connectivity index (χ0v) is 9.69. The third kappa shape index (κ3) is 1.31. The molecule has 0 aromatic carbocycles. The fourth-order valence-corrected chi connectivity index (χ4v) is 2.78. The van der Waals surface area contributed by atoms with Gasteiger partial charge >= 0.3 is 0 Å². The van der Waals surface area contributed by atoms with E-state index in [1.165, 1.54) is 25.1 Å². The van der Waals surface area contributed by atoms with Gasteiger partial charge < -0.3 is 9.80 Å². The molecule has 1 atom stereocenters. The van der Waals surface area contributed by atoms with E-state index in [9.17, 15) is 0 Å². The summed E-state index contributed by atoms with van der Waals surface area (Å²) in [6.07, 6.45) is 4.44. The number of piperidine rings is 1. The standard InChI is InChI=1S/C13H17N3/c1-3-16-11-5-4-8-15(9-11)12-7-6-10(2)14-13(12)16/h3,6-7,11H,1,4-5,8-9H2,2H3/t11-/m1/s1. The molecule has 3 heterocycles. The van der Waals surface area contributed by atoms with Gasteiger partial charge in [0.25, 0.3) is 0 Å². The lowest BCUT2D eigenvalue weighted by Gasteiger charge is -2.45. The minimum absolute atomic E-state index is 0.563. The highest BCUT2D eigenvalue weighted by atomic mass is 15.3. The summed E-state index contributed by atoms with van der Waals surface area (Å²) >= 11 is 0. The Balaban J connectivity index is 2.14. The lowest BCUT2D eigenvalue weighted by Crippen LogP contribution is -2.50. The lowest BCUT2D eigenvalue weighted by atomic mass is 10.00. The summed E-state index contributed by atoms with van der Waals surface area (Å²) in [5, 5.41) is 0. The zero-order valence-electron chi connectivity index (χ0n) is 9.69. The van der Waals surface area contributed by atoms with Crippen LogP contribution in [0.2, 0.25) is 0 Å². The highest BCUT2D eigenvalue weighted by Gasteiger charge is 2.33. The van der Waals surface area contributed by atoms with Crippen molar-refractivity contribution < 1.29 is 0 Å². The number of fused-ring (bicyclic) bond motifs is 4. The quantitative estimate of drug-likeness (QED) is 0.716. The predicted octanol–water partition coefficient (Wildman–Crippen LogP) is 2.32. The Hall–Kier alpha value is -1.51. The number of pyridine rings is 1. The lowest BCUT2D eigenvalue weighted by molar-refractivity contribution is 0.478. The van der Waals surface area contributed by atoms with Gasteiger partial charge in [-0.05, 0) is 38.1 Å². The Bertz CT molecular complexity index is 427. The molecular formula is C13H17N3. The zero-order chi connectivity index (χ0) is 11.1. The minimum atomic E-state index is 0.563. The maximum Gasteiger partial charge on any atom is 0.156 e. The van der Waals surface area contributed by atoms with Crippen LogP contribution in [-0.4, -0.2) is 24.1 Å². The van der Waals surface area contributed by atoms with Crippen LogP contribution in [0.3, 0.4) is 0 Å². The van der Waals surface area contributed by atoms with Crippen LogP contribution in [0.15, 0.2) is 24.9 Å². The van der Waals surface area contributed by atoms with Crippen LogP contribution in [0.5, 0.6) is 0 Å². The van der Waals surface area contributed by atoms with Gasteiger partial charge in [0.1, 0.15) is 0 Å². The Kier molecular flexibility index (Phi) is 2.13. The van der Waals surface area contributed by atoms with Crippen molar-refractivity contribution in [2.75, 3.05) is 22.9 Å². The molecule has 0 amide bonds. The molecule has 0 N–H and O–H groups in total. The number of aryl methyl sites for hydroxylation is 1. The maximum atomic E-state index is 4.66. The van der Waals surface area contributed by atoms with Gasteiger partial charge in [0.2, 0.25) is 0 Å². The molecule has 2 aliphatic rings. The number of rotatable bonds is 1. The molecule has 2 aliphatic heterocycles. The molecule has 1 aromatic heterocycles. The van der Waals surface area contributed by atoms with Crippen molar-refractivity contribution in [1.29, 1.82) is 0 Å². The summed E-state index contributed by atoms with van der Waals surface area (Å²) in [4.78, 5) is 9.36. The second-order valence-corrected chi connectivity index (χ2v) is 4.63. The molecule has 3 heteroatoms. The summed E-state index contributed by atoms with van der Waals surface area (Å²) in [6.45, 7) is 8.25. The van der Waals surface area contributed by atoms with Crippen LogP contribution in [0.1, 0.15) is 18.5 Å². The van der Waals surface area contributed by atoms with Gasteiger partial charge in [0.05, 0.1) is 11.7 Å². The smallest absolute Gasteiger partial charge is 0.156 e. The van der Waals surface area contributed by atoms with E-state index in [0.29, 0.717) is 6.04 Å². The van der Waals surface area contributed by atoms with Crippen LogP contribution in [0.25, 0.3) is 0 Å². The van der Waals surface area contributed by atoms with E-state index in [1.807, 2.05) is 13.1 Å². The molecule has 1 fully saturated rings. The molecule has 84 valence electrons. The Morgan fingerprint density at radius 1 is 1.50 bits per heavy atom. The average Bonchev–Trinajstić information content (AvgIpc) is 2.30. The first-order valence-corrected chi connectivity index (χ1v) is 5.93. The molecule has 3 nitrogen and oxygen atoms in total. The number of anilines is 2. The van der Waals surface area contributed by atoms with E-state index < -0.39 is 0 Å². The second kappa shape index (κ2) is 3.51. The highest BCUT2D eigenvalue weighted by Crippen LogP contribution is 2.37. The molecule has 1 saturated heterocycles. The number of nitrogens with zero attached hydrogens (tertiary/aromatic N) is 3. The van der Waals surface area contributed by atoms with Gasteiger partial charge in [-0.2, -0.15) is 0 Å². The topological polar surface area (TPSA) is 19.4 Å². The predicted molar refractivity (Wildman–Crippen MR) is 66.9 cm³/mol. The molecule has 1 aromatic rings. The van der Waals surface area contributed by atoms with E-state index in [-0.39, 0.29) is 0 Å². The minimum Gasteiger partial charge on any atom is -0.366 e. The van der Waals surface area contributed by atoms with Gasteiger partial charge in [-0.1, -0.05) is 6.58 Å². The monoisotopic (exact) mass is 215 g/mol. The van der Waals surface area contributed by atoms with Crippen molar-refractivity contribution in [2.45, 2.75) is 25.8 Å². The molecule has 0 radical (unpaired) electrons. The van der Waals surface area contributed by atoms with Crippen molar-refractivity contribution in [3.63, 3.8) is 0 Å². The third-order valence-corrected chi connectivity index (χ3v) is 3.57. The largest absolute Gasteiger partial charge is 0.366 e. The fraction of sp³-hybridized carbons (Fsp3) is 0.462. The molecule has 3 rings (SSSR count). The first-order valence-electron chi connectivity index (χ1n) is 5.93. The van der Waals surface area contributed by atoms with Crippen molar-refractivity contribution in [3.05, 3.63) is 30.6 Å². The number of hydrogen-bond donors (Lipinski definition) is 0. The molecule has 16 heavy (non-hydrogen) atoms. The van der Waals surface area contributed by atoms with Crippen LogP contribution in [0, 0.1) is 6.92 Å². The Morgan fingerprint density at radius 2 is 2.38 bits per heavy atom. The van der Waals surface area contributed by atoms with E-state index >= 15 is 0 Å².